The molecule has 3 rings (SSSR count). The van der Waals surface area contributed by atoms with Crippen molar-refractivity contribution in [2.45, 2.75) is 44.6 Å². The van der Waals surface area contributed by atoms with Crippen LogP contribution in [0.4, 0.5) is 0 Å². The zero-order valence-corrected chi connectivity index (χ0v) is 12.9. The van der Waals surface area contributed by atoms with Gasteiger partial charge >= 0.3 is 0 Å². The van der Waals surface area contributed by atoms with Crippen LogP contribution in [0.25, 0.3) is 0 Å². The molecule has 0 heterocycles. The molecule has 1 fully saturated rings. The van der Waals surface area contributed by atoms with Crippen molar-refractivity contribution in [3.05, 3.63) is 70.8 Å². The highest BCUT2D eigenvalue weighted by molar-refractivity contribution is 5.40. The van der Waals surface area contributed by atoms with Gasteiger partial charge in [0.2, 0.25) is 0 Å². The summed E-state index contributed by atoms with van der Waals surface area (Å²) in [5, 5.41) is 0. The lowest BCUT2D eigenvalue weighted by Crippen LogP contribution is -2.49. The minimum absolute atomic E-state index is 0.135. The SMILES string of the molecule is Cc1ccc(C(NN)C2(c3ccccc3)CCC2)c(C)c1. The molecule has 1 saturated carbocycles. The summed E-state index contributed by atoms with van der Waals surface area (Å²) in [6.07, 6.45) is 3.66. The second-order valence-electron chi connectivity index (χ2n) is 6.34. The quantitative estimate of drug-likeness (QED) is 0.658. The Morgan fingerprint density at radius 3 is 2.29 bits per heavy atom. The second kappa shape index (κ2) is 5.63. The van der Waals surface area contributed by atoms with Crippen LogP contribution in [0.1, 0.15) is 47.6 Å². The fraction of sp³-hybridized carbons (Fsp3) is 0.368. The summed E-state index contributed by atoms with van der Waals surface area (Å²) in [5.41, 5.74) is 8.60. The number of nitrogens with two attached hydrogens (primary N) is 1. The maximum absolute atomic E-state index is 5.99. The van der Waals surface area contributed by atoms with Gasteiger partial charge in [-0.15, -0.1) is 0 Å². The van der Waals surface area contributed by atoms with Crippen LogP contribution in [0, 0.1) is 13.8 Å². The molecule has 2 nitrogen and oxygen atoms in total. The Morgan fingerprint density at radius 2 is 1.76 bits per heavy atom. The third-order valence-electron chi connectivity index (χ3n) is 5.05. The fourth-order valence-corrected chi connectivity index (χ4v) is 3.77. The number of hydrogen-bond acceptors (Lipinski definition) is 2. The van der Waals surface area contributed by atoms with Crippen molar-refractivity contribution in [3.8, 4) is 0 Å². The van der Waals surface area contributed by atoms with E-state index < -0.39 is 0 Å². The first-order valence-electron chi connectivity index (χ1n) is 7.76. The van der Waals surface area contributed by atoms with Crippen molar-refractivity contribution in [2.75, 3.05) is 0 Å². The zero-order valence-electron chi connectivity index (χ0n) is 12.9. The van der Waals surface area contributed by atoms with Crippen molar-refractivity contribution < 1.29 is 0 Å². The fourth-order valence-electron chi connectivity index (χ4n) is 3.77. The number of benzene rings is 2. The zero-order chi connectivity index (χ0) is 14.9. The van der Waals surface area contributed by atoms with Gasteiger partial charge in [-0.2, -0.15) is 0 Å². The van der Waals surface area contributed by atoms with Crippen LogP contribution in [0.3, 0.4) is 0 Å². The van der Waals surface area contributed by atoms with E-state index >= 15 is 0 Å². The van der Waals surface area contributed by atoms with Gasteiger partial charge in [-0.05, 0) is 43.4 Å². The highest BCUT2D eigenvalue weighted by Crippen LogP contribution is 2.52. The third kappa shape index (κ3) is 2.39. The Morgan fingerprint density at radius 1 is 1.05 bits per heavy atom. The van der Waals surface area contributed by atoms with Crippen LogP contribution in [0.2, 0.25) is 0 Å². The highest BCUT2D eigenvalue weighted by atomic mass is 15.2. The van der Waals surface area contributed by atoms with Crippen molar-refractivity contribution in [3.63, 3.8) is 0 Å². The van der Waals surface area contributed by atoms with Crippen LogP contribution in [-0.2, 0) is 5.41 Å². The minimum Gasteiger partial charge on any atom is -0.271 e. The smallest absolute Gasteiger partial charge is 0.0559 e. The molecule has 1 atom stereocenters. The molecule has 0 bridgehead atoms. The lowest BCUT2D eigenvalue weighted by molar-refractivity contribution is 0.169. The molecule has 2 aromatic rings. The van der Waals surface area contributed by atoms with Gasteiger partial charge in [-0.1, -0.05) is 60.5 Å². The van der Waals surface area contributed by atoms with E-state index in [0.717, 1.165) is 0 Å². The number of nitrogens with one attached hydrogen (secondary N) is 1. The van der Waals surface area contributed by atoms with E-state index in [4.69, 9.17) is 5.84 Å². The Labute approximate surface area is 127 Å². The molecular formula is C19H24N2. The van der Waals surface area contributed by atoms with Gasteiger partial charge in [-0.3, -0.25) is 11.3 Å². The first-order chi connectivity index (χ1) is 10.2. The van der Waals surface area contributed by atoms with Gasteiger partial charge in [0.1, 0.15) is 0 Å². The summed E-state index contributed by atoms with van der Waals surface area (Å²) in [6, 6.07) is 17.7. The van der Waals surface area contributed by atoms with Crippen molar-refractivity contribution in [2.24, 2.45) is 5.84 Å². The maximum Gasteiger partial charge on any atom is 0.0559 e. The molecule has 3 N–H and O–H groups in total. The van der Waals surface area contributed by atoms with Crippen molar-refractivity contribution in [1.82, 2.24) is 5.43 Å². The summed E-state index contributed by atoms with van der Waals surface area (Å²) in [7, 11) is 0. The van der Waals surface area contributed by atoms with Crippen LogP contribution < -0.4 is 11.3 Å². The molecule has 0 aliphatic heterocycles. The van der Waals surface area contributed by atoms with Gasteiger partial charge < -0.3 is 0 Å². The van der Waals surface area contributed by atoms with E-state index in [-0.39, 0.29) is 11.5 Å². The summed E-state index contributed by atoms with van der Waals surface area (Å²) in [6.45, 7) is 4.32. The van der Waals surface area contributed by atoms with E-state index in [1.54, 1.807) is 0 Å². The summed E-state index contributed by atoms with van der Waals surface area (Å²) in [5.74, 6) is 5.99. The Bertz CT molecular complexity index is 615. The normalized spacial score (nSPS) is 18.0. The van der Waals surface area contributed by atoms with Crippen LogP contribution in [0.15, 0.2) is 48.5 Å². The molecule has 0 spiro atoms. The molecule has 1 unspecified atom stereocenters. The van der Waals surface area contributed by atoms with E-state index in [9.17, 15) is 0 Å². The van der Waals surface area contributed by atoms with E-state index in [0.29, 0.717) is 0 Å². The lowest BCUT2D eigenvalue weighted by atomic mass is 9.58. The predicted octanol–water partition coefficient (Wildman–Crippen LogP) is 3.93. The Balaban J connectivity index is 2.05. The molecule has 0 aromatic heterocycles. The van der Waals surface area contributed by atoms with Crippen LogP contribution in [0.5, 0.6) is 0 Å². The summed E-state index contributed by atoms with van der Waals surface area (Å²) >= 11 is 0. The molecule has 0 saturated heterocycles. The third-order valence-corrected chi connectivity index (χ3v) is 5.05. The summed E-state index contributed by atoms with van der Waals surface area (Å²) in [4.78, 5) is 0. The summed E-state index contributed by atoms with van der Waals surface area (Å²) < 4.78 is 0. The number of rotatable bonds is 4. The van der Waals surface area contributed by atoms with Gasteiger partial charge in [0.05, 0.1) is 6.04 Å². The average Bonchev–Trinajstić information content (AvgIpc) is 2.44. The van der Waals surface area contributed by atoms with Gasteiger partial charge in [0, 0.05) is 5.41 Å². The first-order valence-corrected chi connectivity index (χ1v) is 7.76. The Hall–Kier alpha value is -1.64. The van der Waals surface area contributed by atoms with Gasteiger partial charge in [0.25, 0.3) is 0 Å². The van der Waals surface area contributed by atoms with E-state index in [1.807, 2.05) is 0 Å². The molecule has 2 heteroatoms. The molecule has 2 aromatic carbocycles. The predicted molar refractivity (Wildman–Crippen MR) is 88.0 cm³/mol. The van der Waals surface area contributed by atoms with Crippen LogP contribution in [-0.4, -0.2) is 0 Å². The topological polar surface area (TPSA) is 38.0 Å². The van der Waals surface area contributed by atoms with Crippen LogP contribution >= 0.6 is 0 Å². The standard InChI is InChI=1S/C19H24N2/c1-14-9-10-17(15(2)13-14)18(21-20)19(11-6-12-19)16-7-4-3-5-8-16/h3-5,7-10,13,18,21H,6,11-12,20H2,1-2H3. The molecule has 21 heavy (non-hydrogen) atoms. The largest absolute Gasteiger partial charge is 0.271 e. The number of hydrazine groups is 1. The van der Waals surface area contributed by atoms with E-state index in [1.165, 1.54) is 41.5 Å². The van der Waals surface area contributed by atoms with Crippen molar-refractivity contribution >= 4 is 0 Å². The highest BCUT2D eigenvalue weighted by Gasteiger charge is 2.46. The van der Waals surface area contributed by atoms with E-state index in [2.05, 4.69) is 67.8 Å². The minimum atomic E-state index is 0.135. The van der Waals surface area contributed by atoms with Crippen molar-refractivity contribution in [1.29, 1.82) is 0 Å². The molecule has 0 radical (unpaired) electrons. The molecular weight excluding hydrogens is 256 g/mol. The van der Waals surface area contributed by atoms with Gasteiger partial charge in [-0.25, -0.2) is 0 Å². The second-order valence-corrected chi connectivity index (χ2v) is 6.34. The molecule has 1 aliphatic rings. The molecule has 110 valence electrons. The monoisotopic (exact) mass is 280 g/mol. The first kappa shape index (κ1) is 14.3. The Kier molecular flexibility index (Phi) is 3.83. The molecule has 1 aliphatic carbocycles. The average molecular weight is 280 g/mol. The molecule has 0 amide bonds. The number of hydrogen-bond donors (Lipinski definition) is 2. The maximum atomic E-state index is 5.99. The number of aryl methyl sites for hydroxylation is 2. The van der Waals surface area contributed by atoms with Gasteiger partial charge in [0.15, 0.2) is 0 Å². The lowest BCUT2D eigenvalue weighted by Gasteiger charge is -2.48.